The molecule has 0 saturated carbocycles. The predicted molar refractivity (Wildman–Crippen MR) is 76.2 cm³/mol. The summed E-state index contributed by atoms with van der Waals surface area (Å²) < 4.78 is 0. The second kappa shape index (κ2) is 8.77. The van der Waals surface area contributed by atoms with Crippen molar-refractivity contribution in [2.24, 2.45) is 5.41 Å². The molecule has 0 aromatic rings. The molecule has 0 spiro atoms. The van der Waals surface area contributed by atoms with Crippen LogP contribution in [0.1, 0.15) is 52.9 Å². The molecule has 0 aliphatic heterocycles. The second-order valence-electron chi connectivity index (χ2n) is 5.85. The molecule has 0 saturated heterocycles. The van der Waals surface area contributed by atoms with Gasteiger partial charge >= 0.3 is 12.0 Å². The molecule has 0 aliphatic carbocycles. The second-order valence-corrected chi connectivity index (χ2v) is 5.85. The van der Waals surface area contributed by atoms with E-state index in [1.807, 2.05) is 0 Å². The lowest BCUT2D eigenvalue weighted by atomic mass is 9.87. The fraction of sp³-hybridized carbons (Fsp3) is 0.857. The summed E-state index contributed by atoms with van der Waals surface area (Å²) in [5.41, 5.74) is 0.0818. The van der Waals surface area contributed by atoms with Gasteiger partial charge in [-0.05, 0) is 11.8 Å². The van der Waals surface area contributed by atoms with Gasteiger partial charge in [0.1, 0.15) is 0 Å². The molecule has 5 heteroatoms. The number of nitrogens with zero attached hydrogens (tertiary/aromatic N) is 1. The molecule has 0 aromatic heterocycles. The van der Waals surface area contributed by atoms with Crippen LogP contribution in [0.4, 0.5) is 4.79 Å². The van der Waals surface area contributed by atoms with Crippen molar-refractivity contribution in [1.29, 1.82) is 0 Å². The van der Waals surface area contributed by atoms with Crippen molar-refractivity contribution in [3.63, 3.8) is 0 Å². The van der Waals surface area contributed by atoms with Gasteiger partial charge in [0.25, 0.3) is 0 Å². The van der Waals surface area contributed by atoms with Crippen molar-refractivity contribution in [3.05, 3.63) is 0 Å². The zero-order chi connectivity index (χ0) is 14.9. The number of carboxylic acids is 1. The summed E-state index contributed by atoms with van der Waals surface area (Å²) in [5, 5.41) is 11.4. The molecule has 19 heavy (non-hydrogen) atoms. The monoisotopic (exact) mass is 272 g/mol. The van der Waals surface area contributed by atoms with Crippen molar-refractivity contribution in [3.8, 4) is 0 Å². The molecule has 0 fully saturated rings. The Hall–Kier alpha value is -1.26. The van der Waals surface area contributed by atoms with Crippen LogP contribution in [-0.4, -0.2) is 42.1 Å². The van der Waals surface area contributed by atoms with E-state index in [0.29, 0.717) is 6.54 Å². The molecule has 5 nitrogen and oxygen atoms in total. The molecule has 0 atom stereocenters. The van der Waals surface area contributed by atoms with Gasteiger partial charge in [0.15, 0.2) is 0 Å². The number of rotatable bonds is 9. The maximum absolute atomic E-state index is 11.8. The standard InChI is InChI=1S/C14H28N2O3/c1-5-6-7-9-14(2,3)11-15-13(19)16(4)10-8-12(17)18/h5-11H2,1-4H3,(H,15,19)(H,17,18). The number of unbranched alkanes of at least 4 members (excludes halogenated alkanes) is 2. The average Bonchev–Trinajstić information content (AvgIpc) is 2.33. The third-order valence-corrected chi connectivity index (χ3v) is 3.18. The summed E-state index contributed by atoms with van der Waals surface area (Å²) >= 11 is 0. The SMILES string of the molecule is CCCCCC(C)(C)CNC(=O)N(C)CCC(=O)O. The zero-order valence-corrected chi connectivity index (χ0v) is 12.7. The van der Waals surface area contributed by atoms with Gasteiger partial charge in [-0.2, -0.15) is 0 Å². The van der Waals surface area contributed by atoms with Gasteiger partial charge in [-0.25, -0.2) is 4.79 Å². The summed E-state index contributed by atoms with van der Waals surface area (Å²) in [6.45, 7) is 7.30. The molecule has 0 unspecified atom stereocenters. The minimum atomic E-state index is -0.889. The first-order valence-electron chi connectivity index (χ1n) is 6.99. The molecule has 112 valence electrons. The van der Waals surface area contributed by atoms with Crippen LogP contribution >= 0.6 is 0 Å². The van der Waals surface area contributed by atoms with E-state index in [9.17, 15) is 9.59 Å². The number of aliphatic carboxylic acids is 1. The van der Waals surface area contributed by atoms with Crippen LogP contribution in [0.2, 0.25) is 0 Å². The van der Waals surface area contributed by atoms with Gasteiger partial charge in [-0.15, -0.1) is 0 Å². The number of hydrogen-bond acceptors (Lipinski definition) is 2. The van der Waals surface area contributed by atoms with Crippen molar-refractivity contribution in [1.82, 2.24) is 10.2 Å². The Morgan fingerprint density at radius 3 is 2.42 bits per heavy atom. The predicted octanol–water partition coefficient (Wildman–Crippen LogP) is 2.71. The highest BCUT2D eigenvalue weighted by Gasteiger charge is 2.19. The zero-order valence-electron chi connectivity index (χ0n) is 12.7. The first kappa shape index (κ1) is 17.7. The topological polar surface area (TPSA) is 69.6 Å². The van der Waals surface area contributed by atoms with Crippen LogP contribution in [0.5, 0.6) is 0 Å². The maximum atomic E-state index is 11.8. The summed E-state index contributed by atoms with van der Waals surface area (Å²) in [4.78, 5) is 23.6. The molecule has 2 N–H and O–H groups in total. The number of nitrogens with one attached hydrogen (secondary N) is 1. The van der Waals surface area contributed by atoms with Gasteiger partial charge in [0, 0.05) is 20.1 Å². The quantitative estimate of drug-likeness (QED) is 0.634. The van der Waals surface area contributed by atoms with Crippen molar-refractivity contribution in [2.75, 3.05) is 20.1 Å². The lowest BCUT2D eigenvalue weighted by molar-refractivity contribution is -0.137. The van der Waals surface area contributed by atoms with Gasteiger partial charge < -0.3 is 15.3 Å². The van der Waals surface area contributed by atoms with E-state index in [-0.39, 0.29) is 24.4 Å². The Bertz CT molecular complexity index is 290. The number of amides is 2. The third-order valence-electron chi connectivity index (χ3n) is 3.18. The van der Waals surface area contributed by atoms with Crippen LogP contribution < -0.4 is 5.32 Å². The highest BCUT2D eigenvalue weighted by Crippen LogP contribution is 2.22. The number of urea groups is 1. The van der Waals surface area contributed by atoms with Gasteiger partial charge in [-0.3, -0.25) is 4.79 Å². The smallest absolute Gasteiger partial charge is 0.317 e. The van der Waals surface area contributed by atoms with E-state index >= 15 is 0 Å². The van der Waals surface area contributed by atoms with Gasteiger partial charge in [0.2, 0.25) is 0 Å². The minimum Gasteiger partial charge on any atom is -0.481 e. The number of hydrogen-bond donors (Lipinski definition) is 2. The molecule has 0 radical (unpaired) electrons. The average molecular weight is 272 g/mol. The Morgan fingerprint density at radius 2 is 1.89 bits per heavy atom. The first-order valence-corrected chi connectivity index (χ1v) is 6.99. The van der Waals surface area contributed by atoms with Crippen molar-refractivity contribution >= 4 is 12.0 Å². The van der Waals surface area contributed by atoms with Crippen LogP contribution in [0.25, 0.3) is 0 Å². The molecule has 0 heterocycles. The molecule has 2 amide bonds. The molecule has 0 aromatic carbocycles. The summed E-state index contributed by atoms with van der Waals surface area (Å²) in [6, 6.07) is -0.204. The molecular formula is C14H28N2O3. The summed E-state index contributed by atoms with van der Waals surface area (Å²) in [6.07, 6.45) is 4.65. The summed E-state index contributed by atoms with van der Waals surface area (Å²) in [5.74, 6) is -0.889. The van der Waals surface area contributed by atoms with E-state index in [4.69, 9.17) is 5.11 Å². The fourth-order valence-corrected chi connectivity index (χ4v) is 1.76. The lowest BCUT2D eigenvalue weighted by Crippen LogP contribution is -2.42. The highest BCUT2D eigenvalue weighted by molar-refractivity contribution is 5.75. The van der Waals surface area contributed by atoms with Crippen LogP contribution in [0, 0.1) is 5.41 Å². The minimum absolute atomic E-state index is 0.0240. The first-order chi connectivity index (χ1) is 8.78. The Kier molecular flexibility index (Phi) is 8.19. The molecule has 0 bridgehead atoms. The van der Waals surface area contributed by atoms with E-state index in [2.05, 4.69) is 26.1 Å². The number of carbonyl (C=O) groups is 2. The molecule has 0 rings (SSSR count). The Labute approximate surface area is 116 Å². The largest absolute Gasteiger partial charge is 0.481 e. The van der Waals surface area contributed by atoms with Crippen LogP contribution in [0.15, 0.2) is 0 Å². The number of carboxylic acid groups (broad SMARTS) is 1. The van der Waals surface area contributed by atoms with Gasteiger partial charge in [-0.1, -0.05) is 40.0 Å². The Balaban J connectivity index is 3.95. The maximum Gasteiger partial charge on any atom is 0.317 e. The van der Waals surface area contributed by atoms with E-state index in [0.717, 1.165) is 6.42 Å². The Morgan fingerprint density at radius 1 is 1.26 bits per heavy atom. The van der Waals surface area contributed by atoms with Crippen LogP contribution in [-0.2, 0) is 4.79 Å². The van der Waals surface area contributed by atoms with Crippen molar-refractivity contribution in [2.45, 2.75) is 52.9 Å². The molecule has 0 aliphatic rings. The van der Waals surface area contributed by atoms with E-state index < -0.39 is 5.97 Å². The normalized spacial score (nSPS) is 11.2. The lowest BCUT2D eigenvalue weighted by Gasteiger charge is -2.26. The molecular weight excluding hydrogens is 244 g/mol. The number of carbonyl (C=O) groups excluding carboxylic acids is 1. The highest BCUT2D eigenvalue weighted by atomic mass is 16.4. The fourth-order valence-electron chi connectivity index (χ4n) is 1.76. The van der Waals surface area contributed by atoms with Crippen molar-refractivity contribution < 1.29 is 14.7 Å². The third kappa shape index (κ3) is 9.33. The van der Waals surface area contributed by atoms with E-state index in [1.165, 1.54) is 24.2 Å². The van der Waals surface area contributed by atoms with Crippen LogP contribution in [0.3, 0.4) is 0 Å². The van der Waals surface area contributed by atoms with Gasteiger partial charge in [0.05, 0.1) is 6.42 Å². The summed E-state index contributed by atoms with van der Waals surface area (Å²) in [7, 11) is 1.61. The van der Waals surface area contributed by atoms with E-state index in [1.54, 1.807) is 7.05 Å².